The number of aromatic nitrogens is 1. The summed E-state index contributed by atoms with van der Waals surface area (Å²) in [6.07, 6.45) is 5.21. The van der Waals surface area contributed by atoms with Crippen LogP contribution in [-0.2, 0) is 16.1 Å². The number of hydrogen-bond acceptors (Lipinski definition) is 5. The van der Waals surface area contributed by atoms with Gasteiger partial charge in [-0.2, -0.15) is 0 Å². The van der Waals surface area contributed by atoms with E-state index in [9.17, 15) is 9.59 Å². The van der Waals surface area contributed by atoms with E-state index in [1.165, 1.54) is 16.7 Å². The molecule has 0 aliphatic carbocycles. The smallest absolute Gasteiger partial charge is 0.265 e. The number of hydrogen-bond donors (Lipinski definition) is 1. The van der Waals surface area contributed by atoms with E-state index < -0.39 is 0 Å². The van der Waals surface area contributed by atoms with Crippen molar-refractivity contribution in [2.24, 2.45) is 0 Å². The Morgan fingerprint density at radius 1 is 1.22 bits per heavy atom. The number of nitrogens with zero attached hydrogens (tertiary/aromatic N) is 2. The van der Waals surface area contributed by atoms with Crippen LogP contribution in [0.2, 0.25) is 0 Å². The Hall–Kier alpha value is -3.10. The van der Waals surface area contributed by atoms with E-state index in [-0.39, 0.29) is 18.4 Å². The number of rotatable bonds is 6. The van der Waals surface area contributed by atoms with Gasteiger partial charge in [0.15, 0.2) is 0 Å². The summed E-state index contributed by atoms with van der Waals surface area (Å²) >= 11 is 4.88. The molecule has 0 saturated heterocycles. The summed E-state index contributed by atoms with van der Waals surface area (Å²) in [6, 6.07) is 16.9. The summed E-state index contributed by atoms with van der Waals surface area (Å²) in [4.78, 5) is 33.0. The SMILES string of the molecule is COc1ccc(C=C2Sc3ccccc3N(CC(=O)NCc3cccnc3)C2=O)cc1Br. The van der Waals surface area contributed by atoms with E-state index in [0.717, 1.165) is 26.2 Å². The Morgan fingerprint density at radius 2 is 2.06 bits per heavy atom. The van der Waals surface area contributed by atoms with Crippen molar-refractivity contribution < 1.29 is 14.3 Å². The van der Waals surface area contributed by atoms with Crippen molar-refractivity contribution >= 4 is 51.3 Å². The van der Waals surface area contributed by atoms with Crippen molar-refractivity contribution in [3.63, 3.8) is 0 Å². The average molecular weight is 510 g/mol. The second-order valence-corrected chi connectivity index (χ2v) is 8.94. The second kappa shape index (κ2) is 10.0. The molecule has 0 radical (unpaired) electrons. The Kier molecular flexibility index (Phi) is 6.92. The molecule has 1 aliphatic heterocycles. The van der Waals surface area contributed by atoms with Gasteiger partial charge in [0.25, 0.3) is 5.91 Å². The Balaban J connectivity index is 1.56. The fourth-order valence-corrected chi connectivity index (χ4v) is 4.86. The molecule has 0 fully saturated rings. The molecule has 8 heteroatoms. The summed E-state index contributed by atoms with van der Waals surface area (Å²) in [6.45, 7) is 0.286. The van der Waals surface area contributed by atoms with E-state index in [0.29, 0.717) is 17.2 Å². The normalized spacial score (nSPS) is 14.2. The van der Waals surface area contributed by atoms with Crippen molar-refractivity contribution in [3.05, 3.63) is 87.5 Å². The molecule has 2 aromatic carbocycles. The van der Waals surface area contributed by atoms with E-state index in [1.807, 2.05) is 60.7 Å². The minimum Gasteiger partial charge on any atom is -0.496 e. The van der Waals surface area contributed by atoms with Gasteiger partial charge < -0.3 is 10.1 Å². The molecule has 162 valence electrons. The number of halogens is 1. The zero-order chi connectivity index (χ0) is 22.5. The number of methoxy groups -OCH3 is 1. The predicted octanol–water partition coefficient (Wildman–Crippen LogP) is 4.65. The molecule has 1 aromatic heterocycles. The number of benzene rings is 2. The second-order valence-electron chi connectivity index (χ2n) is 7.00. The maximum atomic E-state index is 13.3. The van der Waals surface area contributed by atoms with Gasteiger partial charge in [0.1, 0.15) is 12.3 Å². The summed E-state index contributed by atoms with van der Waals surface area (Å²) < 4.78 is 6.08. The van der Waals surface area contributed by atoms with Gasteiger partial charge in [0.05, 0.1) is 22.2 Å². The van der Waals surface area contributed by atoms with Crippen LogP contribution in [0.4, 0.5) is 5.69 Å². The van der Waals surface area contributed by atoms with Crippen LogP contribution in [-0.4, -0.2) is 30.5 Å². The first-order chi connectivity index (χ1) is 15.5. The van der Waals surface area contributed by atoms with Crippen LogP contribution in [0.15, 0.2) is 81.3 Å². The molecular weight excluding hydrogens is 490 g/mol. The summed E-state index contributed by atoms with van der Waals surface area (Å²) in [5, 5.41) is 2.86. The molecule has 0 unspecified atom stereocenters. The number of fused-ring (bicyclic) bond motifs is 1. The summed E-state index contributed by atoms with van der Waals surface area (Å²) in [5.74, 6) is 0.264. The third-order valence-electron chi connectivity index (χ3n) is 4.82. The lowest BCUT2D eigenvalue weighted by Crippen LogP contribution is -2.42. The highest BCUT2D eigenvalue weighted by Crippen LogP contribution is 2.42. The number of anilines is 1. The number of carbonyl (C=O) groups excluding carboxylic acids is 2. The molecule has 6 nitrogen and oxygen atoms in total. The topological polar surface area (TPSA) is 71.5 Å². The first-order valence-corrected chi connectivity index (χ1v) is 11.5. The molecular formula is C24H20BrN3O3S. The van der Waals surface area contributed by atoms with Gasteiger partial charge in [-0.05, 0) is 63.5 Å². The Labute approximate surface area is 198 Å². The third kappa shape index (κ3) is 5.03. The lowest BCUT2D eigenvalue weighted by Gasteiger charge is -2.29. The van der Waals surface area contributed by atoms with Gasteiger partial charge >= 0.3 is 0 Å². The lowest BCUT2D eigenvalue weighted by molar-refractivity contribution is -0.122. The highest BCUT2D eigenvalue weighted by Gasteiger charge is 2.30. The van der Waals surface area contributed by atoms with E-state index in [4.69, 9.17) is 4.74 Å². The van der Waals surface area contributed by atoms with Gasteiger partial charge in [-0.15, -0.1) is 0 Å². The van der Waals surface area contributed by atoms with Crippen molar-refractivity contribution in [2.45, 2.75) is 11.4 Å². The number of amides is 2. The predicted molar refractivity (Wildman–Crippen MR) is 129 cm³/mol. The monoisotopic (exact) mass is 509 g/mol. The van der Waals surface area contributed by atoms with Crippen LogP contribution in [0.25, 0.3) is 6.08 Å². The molecule has 2 heterocycles. The van der Waals surface area contributed by atoms with Crippen molar-refractivity contribution in [1.82, 2.24) is 10.3 Å². The fraction of sp³-hybridized carbons (Fsp3) is 0.125. The van der Waals surface area contributed by atoms with Crippen LogP contribution < -0.4 is 15.0 Å². The Bertz CT molecular complexity index is 1180. The van der Waals surface area contributed by atoms with Gasteiger partial charge in [-0.3, -0.25) is 19.5 Å². The number of pyridine rings is 1. The van der Waals surface area contributed by atoms with Crippen molar-refractivity contribution in [1.29, 1.82) is 0 Å². The van der Waals surface area contributed by atoms with Gasteiger partial charge in [-0.1, -0.05) is 36.0 Å². The summed E-state index contributed by atoms with van der Waals surface area (Å²) in [7, 11) is 1.60. The van der Waals surface area contributed by atoms with Crippen LogP contribution >= 0.6 is 27.7 Å². The van der Waals surface area contributed by atoms with Gasteiger partial charge in [0.2, 0.25) is 5.91 Å². The molecule has 2 amide bonds. The summed E-state index contributed by atoms with van der Waals surface area (Å²) in [5.41, 5.74) is 2.48. The molecule has 0 bridgehead atoms. The van der Waals surface area contributed by atoms with E-state index >= 15 is 0 Å². The molecule has 0 spiro atoms. The van der Waals surface area contributed by atoms with Crippen molar-refractivity contribution in [2.75, 3.05) is 18.6 Å². The minimum absolute atomic E-state index is 0.0691. The molecule has 4 rings (SSSR count). The highest BCUT2D eigenvalue weighted by atomic mass is 79.9. The maximum absolute atomic E-state index is 13.3. The third-order valence-corrected chi connectivity index (χ3v) is 6.52. The largest absolute Gasteiger partial charge is 0.496 e. The molecule has 3 aromatic rings. The molecule has 32 heavy (non-hydrogen) atoms. The Morgan fingerprint density at radius 3 is 2.81 bits per heavy atom. The van der Waals surface area contributed by atoms with Crippen LogP contribution in [0.3, 0.4) is 0 Å². The highest BCUT2D eigenvalue weighted by molar-refractivity contribution is 9.10. The van der Waals surface area contributed by atoms with Gasteiger partial charge in [-0.25, -0.2) is 0 Å². The number of nitrogens with one attached hydrogen (secondary N) is 1. The number of para-hydroxylation sites is 1. The first kappa shape index (κ1) is 22.1. The fourth-order valence-electron chi connectivity index (χ4n) is 3.25. The number of thioether (sulfide) groups is 1. The van der Waals surface area contributed by atoms with Crippen LogP contribution in [0, 0.1) is 0 Å². The standard InChI is InChI=1S/C24H20BrN3O3S/c1-31-20-9-8-16(11-18(20)25)12-22-24(30)28(19-6-2-3-7-21(19)32-22)15-23(29)27-14-17-5-4-10-26-13-17/h2-13H,14-15H2,1H3,(H,27,29). The molecule has 0 atom stereocenters. The first-order valence-electron chi connectivity index (χ1n) is 9.85. The number of ether oxygens (including phenoxy) is 1. The van der Waals surface area contributed by atoms with E-state index in [1.54, 1.807) is 19.5 Å². The molecule has 0 saturated carbocycles. The van der Waals surface area contributed by atoms with Crippen LogP contribution in [0.1, 0.15) is 11.1 Å². The number of carbonyl (C=O) groups is 2. The quantitative estimate of drug-likeness (QED) is 0.489. The molecule has 1 aliphatic rings. The zero-order valence-electron chi connectivity index (χ0n) is 17.2. The minimum atomic E-state index is -0.240. The van der Waals surface area contributed by atoms with E-state index in [2.05, 4.69) is 26.2 Å². The zero-order valence-corrected chi connectivity index (χ0v) is 19.7. The van der Waals surface area contributed by atoms with Crippen LogP contribution in [0.5, 0.6) is 5.75 Å². The lowest BCUT2D eigenvalue weighted by atomic mass is 10.2. The van der Waals surface area contributed by atoms with Crippen molar-refractivity contribution in [3.8, 4) is 5.75 Å². The molecule has 1 N–H and O–H groups in total. The average Bonchev–Trinajstić information content (AvgIpc) is 2.81. The maximum Gasteiger partial charge on any atom is 0.265 e. The van der Waals surface area contributed by atoms with Gasteiger partial charge in [0, 0.05) is 23.8 Å².